The third-order valence-electron chi connectivity index (χ3n) is 0. The monoisotopic (exact) mass is 232 g/mol. The van der Waals surface area contributed by atoms with Gasteiger partial charge in [-0.25, -0.2) is 0 Å². The van der Waals surface area contributed by atoms with Crippen molar-refractivity contribution in [3.05, 3.63) is 0 Å². The van der Waals surface area contributed by atoms with Gasteiger partial charge < -0.3 is 23.3 Å². The van der Waals surface area contributed by atoms with E-state index in [9.17, 15) is 0 Å². The van der Waals surface area contributed by atoms with Crippen LogP contribution in [0, 0.1) is 0 Å². The maximum atomic E-state index is 4.34. The van der Waals surface area contributed by atoms with E-state index in [1.807, 2.05) is 0 Å². The van der Waals surface area contributed by atoms with Gasteiger partial charge in [-0.2, -0.15) is 0 Å². The van der Waals surface area contributed by atoms with E-state index in [1.54, 1.807) is 0 Å². The summed E-state index contributed by atoms with van der Waals surface area (Å²) < 4.78 is 0. The molecule has 0 unspecified atom stereocenters. The van der Waals surface area contributed by atoms with Crippen molar-refractivity contribution in [3.8, 4) is 0 Å². The molecule has 0 rings (SSSR count). The van der Waals surface area contributed by atoms with Crippen molar-refractivity contribution in [1.82, 2.24) is 12.3 Å². The summed E-state index contributed by atoms with van der Waals surface area (Å²) in [6, 6.07) is 0. The van der Waals surface area contributed by atoms with Gasteiger partial charge >= 0.3 is 34.6 Å². The molecule has 7 heteroatoms. The van der Waals surface area contributed by atoms with E-state index in [0.29, 0.717) is 0 Å². The van der Waals surface area contributed by atoms with Gasteiger partial charge in [0.2, 0.25) is 0 Å². The number of hydrogen-bond acceptors (Lipinski definition) is 4. The Labute approximate surface area is 57.9 Å². The van der Waals surface area contributed by atoms with Crippen LogP contribution < -0.4 is 12.3 Å². The van der Waals surface area contributed by atoms with Crippen LogP contribution in [-0.4, -0.2) is 11.0 Å². The molecular weight excluding hydrogens is 220 g/mol. The molecule has 0 spiro atoms. The van der Waals surface area contributed by atoms with Gasteiger partial charge in [-0.1, -0.05) is 0 Å². The van der Waals surface area contributed by atoms with E-state index >= 15 is 0 Å². The fraction of sp³-hybridized carbons (Fsp3) is 0. The van der Waals surface area contributed by atoms with Crippen molar-refractivity contribution in [2.75, 3.05) is 0 Å². The fourth-order valence-corrected chi connectivity index (χ4v) is 0. The molecule has 0 aromatic carbocycles. The van der Waals surface area contributed by atoms with E-state index in [1.165, 1.54) is 0 Å². The molecule has 0 aliphatic heterocycles. The molecule has 0 aromatic heterocycles. The zero-order chi connectivity index (χ0) is 2.71. The van der Waals surface area contributed by atoms with Crippen molar-refractivity contribution in [1.29, 1.82) is 0 Å². The summed E-state index contributed by atoms with van der Waals surface area (Å²) in [7, 11) is 8.68. The first-order valence-electron chi connectivity index (χ1n) is 0.333. The van der Waals surface area contributed by atoms with Crippen LogP contribution in [0.15, 0.2) is 0 Å². The van der Waals surface area contributed by atoms with E-state index in [0.717, 1.165) is 0 Å². The second-order valence-corrected chi connectivity index (χ2v) is 3.62. The Morgan fingerprint density at radius 3 is 0.857 bits per heavy atom. The molecule has 4 nitrogen and oxygen atoms in total. The zero-order valence-corrected chi connectivity index (χ0v) is 7.76. The quantitative estimate of drug-likeness (QED) is 0.612. The third kappa shape index (κ3) is 183. The first-order valence-corrected chi connectivity index (χ1v) is 5.92. The van der Waals surface area contributed by atoms with Crippen LogP contribution in [-0.2, 0) is 14.9 Å². The van der Waals surface area contributed by atoms with Gasteiger partial charge in [-0.05, 0) is 0 Å². The van der Waals surface area contributed by atoms with Gasteiger partial charge in [0.25, 0.3) is 0 Å². The Morgan fingerprint density at radius 1 is 0.857 bits per heavy atom. The predicted octanol–water partition coefficient (Wildman–Crippen LogP) is 1.69. The van der Waals surface area contributed by atoms with Crippen LogP contribution in [0.25, 0.3) is 0 Å². The molecule has 0 aliphatic carbocycles. The van der Waals surface area contributed by atoms with Gasteiger partial charge in [-0.15, -0.1) is 0 Å². The average Bonchev–Trinajstić information content (AvgIpc) is 0.918. The normalized spacial score (nSPS) is 1.71. The average molecular weight is 230 g/mol. The summed E-state index contributed by atoms with van der Waals surface area (Å²) in [6.45, 7) is 0. The predicted molar refractivity (Wildman–Crippen MR) is 31.0 cm³/mol. The Balaban J connectivity index is -0.00000000333. The van der Waals surface area contributed by atoms with Crippen molar-refractivity contribution in [2.45, 2.75) is 0 Å². The third-order valence-corrected chi connectivity index (χ3v) is 0. The van der Waals surface area contributed by atoms with Crippen molar-refractivity contribution >= 4 is 19.6 Å². The van der Waals surface area contributed by atoms with Crippen LogP contribution in [0.1, 0.15) is 0 Å². The summed E-state index contributed by atoms with van der Waals surface area (Å²) in [5, 5.41) is 0. The SMILES string of the molecule is [NH4+].[NH4+].[OH-].[OH-].[S]=[Mo]=[S]. The Kier molecular flexibility index (Phi) is 402. The van der Waals surface area contributed by atoms with Crippen LogP contribution in [0.2, 0.25) is 0 Å². The van der Waals surface area contributed by atoms with Gasteiger partial charge in [0.1, 0.15) is 0 Å². The summed E-state index contributed by atoms with van der Waals surface area (Å²) in [6.07, 6.45) is 0. The van der Waals surface area contributed by atoms with E-state index in [4.69, 9.17) is 0 Å². The molecule has 0 atom stereocenters. The zero-order valence-electron chi connectivity index (χ0n) is 4.12. The number of hydrogen-bond donors (Lipinski definition) is 2. The Hall–Kier alpha value is 0.968. The molecule has 10 N–H and O–H groups in total. The Morgan fingerprint density at radius 2 is 0.857 bits per heavy atom. The molecule has 50 valence electrons. The van der Waals surface area contributed by atoms with Crippen molar-refractivity contribution in [3.63, 3.8) is 0 Å². The minimum absolute atomic E-state index is 0. The molecule has 0 radical (unpaired) electrons. The summed E-state index contributed by atoms with van der Waals surface area (Å²) >= 11 is -0.363. The summed E-state index contributed by atoms with van der Waals surface area (Å²) in [4.78, 5) is 0. The molecule has 0 saturated carbocycles. The topological polar surface area (TPSA) is 133 Å². The van der Waals surface area contributed by atoms with Crippen LogP contribution in [0.5, 0.6) is 0 Å². The van der Waals surface area contributed by atoms with Crippen LogP contribution >= 0.6 is 19.6 Å². The molecule has 0 fully saturated rings. The standard InChI is InChI=1S/Mo.2H3N.2H2O.2S/h;2*1H3;2*1H2;;. The van der Waals surface area contributed by atoms with Crippen LogP contribution in [0.4, 0.5) is 0 Å². The van der Waals surface area contributed by atoms with Gasteiger partial charge in [0.15, 0.2) is 0 Å². The summed E-state index contributed by atoms with van der Waals surface area (Å²) in [5.74, 6) is 0. The summed E-state index contributed by atoms with van der Waals surface area (Å²) in [5.41, 5.74) is 0. The second kappa shape index (κ2) is 64.1. The van der Waals surface area contributed by atoms with Gasteiger partial charge in [0, 0.05) is 0 Å². The molecule has 0 amide bonds. The molecule has 0 heterocycles. The first-order chi connectivity index (χ1) is 1.41. The van der Waals surface area contributed by atoms with Crippen molar-refractivity contribution in [2.24, 2.45) is 0 Å². The number of rotatable bonds is 0. The Bertz CT molecular complexity index is 34.7. The minimum atomic E-state index is -0.363. The van der Waals surface area contributed by atoms with E-state index < -0.39 is 0 Å². The van der Waals surface area contributed by atoms with Gasteiger partial charge in [-0.3, -0.25) is 0 Å². The second-order valence-electron chi connectivity index (χ2n) is 0.0680. The van der Waals surface area contributed by atoms with Crippen LogP contribution in [0.3, 0.4) is 0 Å². The molecule has 0 aliphatic rings. The fourth-order valence-electron chi connectivity index (χ4n) is 0. The first kappa shape index (κ1) is 43.9. The van der Waals surface area contributed by atoms with Crippen molar-refractivity contribution < 1.29 is 25.9 Å². The number of quaternary nitrogens is 2. The molecule has 0 bridgehead atoms. The molecule has 0 aromatic rings. The van der Waals surface area contributed by atoms with Gasteiger partial charge in [0.05, 0.1) is 0 Å². The maximum absolute atomic E-state index is 4.34. The molecular formula is H10MoN2O2S2. The molecule has 0 saturated heterocycles. The molecule has 7 heavy (non-hydrogen) atoms. The van der Waals surface area contributed by atoms with E-state index in [2.05, 4.69) is 19.6 Å². The van der Waals surface area contributed by atoms with E-state index in [-0.39, 0.29) is 38.2 Å².